The molecular weight excluding hydrogens is 558 g/mol. The average Bonchev–Trinajstić information content (AvgIpc) is 2.95. The van der Waals surface area contributed by atoms with Crippen molar-refractivity contribution in [2.45, 2.75) is 44.4 Å². The van der Waals surface area contributed by atoms with E-state index in [0.29, 0.717) is 19.6 Å². The number of hydrogen-bond acceptors (Lipinski definition) is 7. The Hall–Kier alpha value is -3.93. The Bertz CT molecular complexity index is 1530. The molecule has 0 fully saturated rings. The number of hydrogen-bond donors (Lipinski definition) is 3. The molecule has 1 aliphatic rings. The number of benzene rings is 3. The maximum absolute atomic E-state index is 13.7. The Morgan fingerprint density at radius 3 is 2.40 bits per heavy atom. The summed E-state index contributed by atoms with van der Waals surface area (Å²) >= 11 is 0. The number of para-hydroxylation sites is 1. The molecule has 4 rings (SSSR count). The molecule has 3 aromatic carbocycles. The molecule has 3 aromatic rings. The van der Waals surface area contributed by atoms with Gasteiger partial charge in [-0.15, -0.1) is 0 Å². The van der Waals surface area contributed by atoms with E-state index in [-0.39, 0.29) is 45.9 Å². The number of nitrogens with zero attached hydrogens (tertiary/aromatic N) is 2. The first-order chi connectivity index (χ1) is 19.9. The Kier molecular flexibility index (Phi) is 9.55. The Morgan fingerprint density at radius 1 is 1.12 bits per heavy atom. The molecule has 0 spiro atoms. The monoisotopic (exact) mass is 595 g/mol. The number of aliphatic hydroxyl groups is 1. The Labute approximate surface area is 246 Å². The number of aryl methyl sites for hydroxylation is 1. The van der Waals surface area contributed by atoms with Crippen LogP contribution < -0.4 is 9.46 Å². The van der Waals surface area contributed by atoms with Gasteiger partial charge in [0, 0.05) is 25.6 Å². The van der Waals surface area contributed by atoms with E-state index < -0.39 is 28.1 Å². The SMILES string of the molecule is Cc1ccc(S(=O)(=O)Nc2cccc3c2O[C@@H](CN(C)Cc2ccc(C(=O)O)cc2)[C@H](C)CN([C@@H](C)CO)C3=O)cc1. The van der Waals surface area contributed by atoms with Gasteiger partial charge in [-0.1, -0.05) is 42.8 Å². The van der Waals surface area contributed by atoms with E-state index in [1.165, 1.54) is 12.1 Å². The van der Waals surface area contributed by atoms with Crippen molar-refractivity contribution >= 4 is 27.6 Å². The van der Waals surface area contributed by atoms with E-state index in [9.17, 15) is 28.2 Å². The number of rotatable bonds is 10. The molecule has 0 saturated heterocycles. The lowest BCUT2D eigenvalue weighted by atomic mass is 9.99. The van der Waals surface area contributed by atoms with Gasteiger partial charge >= 0.3 is 5.97 Å². The number of ether oxygens (including phenoxy) is 1. The first-order valence-corrected chi connectivity index (χ1v) is 15.2. The highest BCUT2D eigenvalue weighted by Gasteiger charge is 2.35. The molecule has 0 unspecified atom stereocenters. The van der Waals surface area contributed by atoms with Crippen LogP contribution in [0.2, 0.25) is 0 Å². The van der Waals surface area contributed by atoms with Gasteiger partial charge in [-0.25, -0.2) is 13.2 Å². The number of nitrogens with one attached hydrogen (secondary N) is 1. The zero-order valence-corrected chi connectivity index (χ0v) is 25.0. The summed E-state index contributed by atoms with van der Waals surface area (Å²) in [6.07, 6.45) is -0.460. The van der Waals surface area contributed by atoms with Crippen molar-refractivity contribution in [1.29, 1.82) is 0 Å². The summed E-state index contributed by atoms with van der Waals surface area (Å²) in [5.74, 6) is -1.41. The van der Waals surface area contributed by atoms with Crippen LogP contribution >= 0.6 is 0 Å². The van der Waals surface area contributed by atoms with Gasteiger partial charge in [0.15, 0.2) is 5.75 Å². The number of carboxylic acids is 1. The zero-order chi connectivity index (χ0) is 30.6. The molecular formula is C31H37N3O7S. The minimum Gasteiger partial charge on any atom is -0.486 e. The van der Waals surface area contributed by atoms with Crippen LogP contribution in [0.1, 0.15) is 45.7 Å². The third-order valence-electron chi connectivity index (χ3n) is 7.41. The highest BCUT2D eigenvalue weighted by atomic mass is 32.2. The number of sulfonamides is 1. The van der Waals surface area contributed by atoms with Crippen molar-refractivity contribution in [2.75, 3.05) is 31.5 Å². The number of anilines is 1. The number of amides is 1. The van der Waals surface area contributed by atoms with E-state index >= 15 is 0 Å². The van der Waals surface area contributed by atoms with E-state index in [2.05, 4.69) is 4.72 Å². The van der Waals surface area contributed by atoms with Crippen molar-refractivity contribution in [3.8, 4) is 5.75 Å². The van der Waals surface area contributed by atoms with Crippen molar-refractivity contribution < 1.29 is 33.0 Å². The fourth-order valence-electron chi connectivity index (χ4n) is 4.90. The topological polar surface area (TPSA) is 136 Å². The largest absolute Gasteiger partial charge is 0.486 e. The Morgan fingerprint density at radius 2 is 1.79 bits per heavy atom. The van der Waals surface area contributed by atoms with Crippen molar-refractivity contribution in [2.24, 2.45) is 5.92 Å². The summed E-state index contributed by atoms with van der Waals surface area (Å²) in [7, 11) is -2.08. The number of carboxylic acid groups (broad SMARTS) is 1. The van der Waals surface area contributed by atoms with E-state index in [1.54, 1.807) is 66.4 Å². The van der Waals surface area contributed by atoms with Crippen LogP contribution in [0.4, 0.5) is 5.69 Å². The van der Waals surface area contributed by atoms with Crippen molar-refractivity contribution in [1.82, 2.24) is 9.80 Å². The van der Waals surface area contributed by atoms with Gasteiger partial charge in [0.2, 0.25) is 0 Å². The maximum Gasteiger partial charge on any atom is 0.335 e. The lowest BCUT2D eigenvalue weighted by molar-refractivity contribution is 0.0343. The first kappa shape index (κ1) is 31.0. The number of likely N-dealkylation sites (N-methyl/N-ethyl adjacent to an activating group) is 1. The number of aliphatic hydroxyl groups excluding tert-OH is 1. The van der Waals surface area contributed by atoms with Crippen molar-refractivity contribution in [3.05, 3.63) is 89.0 Å². The molecule has 3 atom stereocenters. The minimum atomic E-state index is -3.99. The third kappa shape index (κ3) is 7.10. The second kappa shape index (κ2) is 12.9. The van der Waals surface area contributed by atoms with Crippen LogP contribution in [0.5, 0.6) is 5.75 Å². The van der Waals surface area contributed by atoms with Crippen LogP contribution in [0.15, 0.2) is 71.6 Å². The second-order valence-electron chi connectivity index (χ2n) is 10.9. The normalized spacial score (nSPS) is 18.0. The molecule has 3 N–H and O–H groups in total. The molecule has 0 bridgehead atoms. The molecule has 1 heterocycles. The van der Waals surface area contributed by atoms with Crippen LogP contribution in [0.3, 0.4) is 0 Å². The molecule has 1 amide bonds. The predicted molar refractivity (Wildman–Crippen MR) is 159 cm³/mol. The fraction of sp³-hybridized carbons (Fsp3) is 0.355. The predicted octanol–water partition coefficient (Wildman–Crippen LogP) is 3.85. The average molecular weight is 596 g/mol. The van der Waals surface area contributed by atoms with Crippen LogP contribution in [0, 0.1) is 12.8 Å². The zero-order valence-electron chi connectivity index (χ0n) is 24.1. The van der Waals surface area contributed by atoms with Gasteiger partial charge in [-0.3, -0.25) is 14.4 Å². The highest BCUT2D eigenvalue weighted by molar-refractivity contribution is 7.92. The van der Waals surface area contributed by atoms with Crippen molar-refractivity contribution in [3.63, 3.8) is 0 Å². The van der Waals surface area contributed by atoms with Crippen LogP contribution in [-0.2, 0) is 16.6 Å². The van der Waals surface area contributed by atoms with Gasteiger partial charge in [0.05, 0.1) is 34.4 Å². The lowest BCUT2D eigenvalue weighted by Gasteiger charge is -2.38. The van der Waals surface area contributed by atoms with E-state index in [1.807, 2.05) is 25.8 Å². The molecule has 224 valence electrons. The number of carbonyl (C=O) groups is 2. The molecule has 10 nitrogen and oxygen atoms in total. The fourth-order valence-corrected chi connectivity index (χ4v) is 5.96. The summed E-state index contributed by atoms with van der Waals surface area (Å²) in [4.78, 5) is 28.6. The second-order valence-corrected chi connectivity index (χ2v) is 12.6. The molecule has 11 heteroatoms. The van der Waals surface area contributed by atoms with E-state index in [4.69, 9.17) is 4.74 Å². The molecule has 0 aliphatic carbocycles. The summed E-state index contributed by atoms with van der Waals surface area (Å²) in [5, 5.41) is 19.1. The summed E-state index contributed by atoms with van der Waals surface area (Å²) < 4.78 is 35.7. The lowest BCUT2D eigenvalue weighted by Crippen LogP contribution is -2.49. The number of aromatic carboxylic acids is 1. The van der Waals surface area contributed by atoms with Crippen LogP contribution in [0.25, 0.3) is 0 Å². The summed E-state index contributed by atoms with van der Waals surface area (Å²) in [6, 6.07) is 17.4. The smallest absolute Gasteiger partial charge is 0.335 e. The third-order valence-corrected chi connectivity index (χ3v) is 8.79. The first-order valence-electron chi connectivity index (χ1n) is 13.7. The molecule has 1 aliphatic heterocycles. The minimum absolute atomic E-state index is 0.0805. The molecule has 42 heavy (non-hydrogen) atoms. The number of carbonyl (C=O) groups excluding carboxylic acids is 1. The highest BCUT2D eigenvalue weighted by Crippen LogP contribution is 2.36. The molecule has 0 radical (unpaired) electrons. The summed E-state index contributed by atoms with van der Waals surface area (Å²) in [6.45, 7) is 6.61. The summed E-state index contributed by atoms with van der Waals surface area (Å²) in [5.41, 5.74) is 2.38. The number of fused-ring (bicyclic) bond motifs is 1. The molecule has 0 saturated carbocycles. The van der Waals surface area contributed by atoms with Gasteiger partial charge < -0.3 is 19.8 Å². The van der Waals surface area contributed by atoms with Gasteiger partial charge in [0.25, 0.3) is 15.9 Å². The van der Waals surface area contributed by atoms with Gasteiger partial charge in [-0.2, -0.15) is 0 Å². The quantitative estimate of drug-likeness (QED) is 0.322. The van der Waals surface area contributed by atoms with Gasteiger partial charge in [-0.05, 0) is 62.9 Å². The van der Waals surface area contributed by atoms with E-state index in [0.717, 1.165) is 11.1 Å². The molecule has 0 aromatic heterocycles. The maximum atomic E-state index is 13.7. The van der Waals surface area contributed by atoms with Gasteiger partial charge in [0.1, 0.15) is 6.10 Å². The Balaban J connectivity index is 1.67. The van der Waals surface area contributed by atoms with Crippen LogP contribution in [-0.4, -0.2) is 79.2 Å². The standard InChI is InChI=1S/C31H37N3O7S/c1-20-8-14-25(15-9-20)42(39,40)32-27-7-5-6-26-29(27)41-28(21(2)16-34(30(26)36)22(3)19-35)18-33(4)17-23-10-12-24(13-11-23)31(37)38/h5-15,21-22,28,32,35H,16-19H2,1-4H3,(H,37,38)/t21-,22+,28+/m1/s1.